The van der Waals surface area contributed by atoms with E-state index in [0.29, 0.717) is 16.8 Å². The van der Waals surface area contributed by atoms with E-state index >= 15 is 0 Å². The van der Waals surface area contributed by atoms with Crippen LogP contribution in [0, 0.1) is 12.7 Å². The molecule has 72 valence electrons. The summed E-state index contributed by atoms with van der Waals surface area (Å²) in [6, 6.07) is 2.64. The minimum Gasteiger partial charge on any atom is -0.410 e. The van der Waals surface area contributed by atoms with Crippen molar-refractivity contribution in [1.29, 1.82) is 0 Å². The average molecular weight is 194 g/mol. The van der Waals surface area contributed by atoms with Gasteiger partial charge in [-0.25, -0.2) is 4.39 Å². The Morgan fingerprint density at radius 3 is 2.86 bits per heavy atom. The Balaban J connectivity index is 2.70. The minimum atomic E-state index is -0.517. The smallest absolute Gasteiger partial charge is 0.278 e. The largest absolute Gasteiger partial charge is 0.410 e. The summed E-state index contributed by atoms with van der Waals surface area (Å²) in [6.07, 6.45) is 0. The summed E-state index contributed by atoms with van der Waals surface area (Å²) in [5.41, 5.74) is 1.07. The van der Waals surface area contributed by atoms with Gasteiger partial charge in [-0.15, -0.1) is 0 Å². The third kappa shape index (κ3) is 0.985. The van der Waals surface area contributed by atoms with Crippen LogP contribution in [0.1, 0.15) is 11.1 Å². The number of carbonyl (C=O) groups is 1. The van der Waals surface area contributed by atoms with Crippen molar-refractivity contribution in [2.45, 2.75) is 6.92 Å². The van der Waals surface area contributed by atoms with Gasteiger partial charge in [-0.1, -0.05) is 5.16 Å². The van der Waals surface area contributed by atoms with Gasteiger partial charge in [0.2, 0.25) is 0 Å². The highest BCUT2D eigenvalue weighted by atomic mass is 19.1. The monoisotopic (exact) mass is 194 g/mol. The molecular formula is C9H7FN2O2. The van der Waals surface area contributed by atoms with Crippen LogP contribution in [-0.2, 0) is 4.79 Å². The fourth-order valence-corrected chi connectivity index (χ4v) is 1.44. The van der Waals surface area contributed by atoms with Gasteiger partial charge in [0.25, 0.3) is 5.91 Å². The number of oxime groups is 1. The van der Waals surface area contributed by atoms with Crippen LogP contribution in [0.15, 0.2) is 17.3 Å². The third-order valence-electron chi connectivity index (χ3n) is 2.21. The lowest BCUT2D eigenvalue weighted by Crippen LogP contribution is -2.14. The molecular weight excluding hydrogens is 187 g/mol. The molecule has 1 aliphatic heterocycles. The zero-order valence-electron chi connectivity index (χ0n) is 7.34. The first-order chi connectivity index (χ1) is 6.65. The maximum absolute atomic E-state index is 13.1. The molecule has 1 heterocycles. The Morgan fingerprint density at radius 1 is 1.50 bits per heavy atom. The quantitative estimate of drug-likeness (QED) is 0.482. The van der Waals surface area contributed by atoms with Crippen molar-refractivity contribution in [3.8, 4) is 0 Å². The second kappa shape index (κ2) is 2.80. The Kier molecular flexibility index (Phi) is 1.73. The molecule has 0 aromatic heterocycles. The van der Waals surface area contributed by atoms with E-state index < -0.39 is 11.7 Å². The second-order valence-corrected chi connectivity index (χ2v) is 3.00. The SMILES string of the molecule is Cc1c(F)ccc2c1NC(=O)C2=NO. The highest BCUT2D eigenvalue weighted by Gasteiger charge is 2.28. The molecule has 1 aliphatic rings. The van der Waals surface area contributed by atoms with Gasteiger partial charge < -0.3 is 10.5 Å². The van der Waals surface area contributed by atoms with Crippen molar-refractivity contribution in [2.75, 3.05) is 5.32 Å². The predicted molar refractivity (Wildman–Crippen MR) is 48.1 cm³/mol. The normalized spacial score (nSPS) is 17.0. The van der Waals surface area contributed by atoms with Crippen molar-refractivity contribution >= 4 is 17.3 Å². The number of hydrogen-bond donors (Lipinski definition) is 2. The number of nitrogens with one attached hydrogen (secondary N) is 1. The molecule has 0 atom stereocenters. The molecule has 0 spiro atoms. The van der Waals surface area contributed by atoms with E-state index in [2.05, 4.69) is 10.5 Å². The van der Waals surface area contributed by atoms with Crippen molar-refractivity contribution in [1.82, 2.24) is 0 Å². The Bertz CT molecular complexity index is 454. The maximum atomic E-state index is 13.1. The molecule has 0 saturated carbocycles. The lowest BCUT2D eigenvalue weighted by atomic mass is 10.1. The summed E-state index contributed by atoms with van der Waals surface area (Å²) in [7, 11) is 0. The van der Waals surface area contributed by atoms with E-state index in [0.717, 1.165) is 0 Å². The molecule has 0 fully saturated rings. The van der Waals surface area contributed by atoms with Gasteiger partial charge in [0.15, 0.2) is 5.71 Å². The lowest BCUT2D eigenvalue weighted by molar-refractivity contribution is -0.110. The number of nitrogens with zero attached hydrogens (tertiary/aromatic N) is 1. The van der Waals surface area contributed by atoms with Crippen LogP contribution in [0.25, 0.3) is 0 Å². The number of amides is 1. The molecule has 14 heavy (non-hydrogen) atoms. The molecule has 0 radical (unpaired) electrons. The van der Waals surface area contributed by atoms with Gasteiger partial charge in [0, 0.05) is 11.1 Å². The fraction of sp³-hybridized carbons (Fsp3) is 0.111. The fourth-order valence-electron chi connectivity index (χ4n) is 1.44. The summed E-state index contributed by atoms with van der Waals surface area (Å²) >= 11 is 0. The number of fused-ring (bicyclic) bond motifs is 1. The van der Waals surface area contributed by atoms with E-state index in [1.54, 1.807) is 6.92 Å². The molecule has 2 N–H and O–H groups in total. The highest BCUT2D eigenvalue weighted by Crippen LogP contribution is 2.28. The van der Waals surface area contributed by atoms with Crippen LogP contribution in [-0.4, -0.2) is 16.8 Å². The van der Waals surface area contributed by atoms with Crippen molar-refractivity contribution in [2.24, 2.45) is 5.16 Å². The third-order valence-corrected chi connectivity index (χ3v) is 2.21. The van der Waals surface area contributed by atoms with Gasteiger partial charge in [-0.2, -0.15) is 0 Å². The van der Waals surface area contributed by atoms with Crippen LogP contribution in [0.5, 0.6) is 0 Å². The zero-order valence-corrected chi connectivity index (χ0v) is 7.34. The van der Waals surface area contributed by atoms with Crippen LogP contribution in [0.3, 0.4) is 0 Å². The second-order valence-electron chi connectivity index (χ2n) is 3.00. The molecule has 0 unspecified atom stereocenters. The molecule has 4 nitrogen and oxygen atoms in total. The number of rotatable bonds is 0. The van der Waals surface area contributed by atoms with Crippen molar-refractivity contribution < 1.29 is 14.4 Å². The van der Waals surface area contributed by atoms with E-state index in [-0.39, 0.29) is 5.71 Å². The van der Waals surface area contributed by atoms with Crippen LogP contribution < -0.4 is 5.32 Å². The Labute approximate surface area is 79.0 Å². The van der Waals surface area contributed by atoms with Gasteiger partial charge in [-0.05, 0) is 19.1 Å². The molecule has 0 aliphatic carbocycles. The number of carbonyl (C=O) groups excluding carboxylic acids is 1. The first-order valence-corrected chi connectivity index (χ1v) is 3.98. The Hall–Kier alpha value is -1.91. The molecule has 5 heteroatoms. The molecule has 0 saturated heterocycles. The summed E-state index contributed by atoms with van der Waals surface area (Å²) < 4.78 is 13.1. The Morgan fingerprint density at radius 2 is 2.21 bits per heavy atom. The standard InChI is InChI=1S/C9H7FN2O2/c1-4-6(10)3-2-5-7(4)11-9(13)8(5)12-14/h2-3,14H,1H3,(H,11,12,13). The summed E-state index contributed by atoms with van der Waals surface area (Å²) in [6.45, 7) is 1.55. The van der Waals surface area contributed by atoms with Crippen molar-refractivity contribution in [3.05, 3.63) is 29.1 Å². The molecule has 1 aromatic carbocycles. The van der Waals surface area contributed by atoms with E-state index in [1.165, 1.54) is 12.1 Å². The molecule has 2 rings (SSSR count). The number of halogens is 1. The van der Waals surface area contributed by atoms with Crippen LogP contribution >= 0.6 is 0 Å². The zero-order chi connectivity index (χ0) is 10.3. The summed E-state index contributed by atoms with van der Waals surface area (Å²) in [5, 5.41) is 13.9. The highest BCUT2D eigenvalue weighted by molar-refractivity contribution is 6.53. The lowest BCUT2D eigenvalue weighted by Gasteiger charge is -2.02. The number of benzene rings is 1. The van der Waals surface area contributed by atoms with Crippen LogP contribution in [0.4, 0.5) is 10.1 Å². The van der Waals surface area contributed by atoms with E-state index in [4.69, 9.17) is 5.21 Å². The molecule has 1 amide bonds. The summed E-state index contributed by atoms with van der Waals surface area (Å²) in [4.78, 5) is 11.2. The number of hydrogen-bond acceptors (Lipinski definition) is 3. The van der Waals surface area contributed by atoms with Crippen molar-refractivity contribution in [3.63, 3.8) is 0 Å². The van der Waals surface area contributed by atoms with E-state index in [1.807, 2.05) is 0 Å². The molecule has 0 bridgehead atoms. The maximum Gasteiger partial charge on any atom is 0.278 e. The van der Waals surface area contributed by atoms with Gasteiger partial charge >= 0.3 is 0 Å². The first-order valence-electron chi connectivity index (χ1n) is 3.98. The van der Waals surface area contributed by atoms with Gasteiger partial charge in [-0.3, -0.25) is 4.79 Å². The topological polar surface area (TPSA) is 61.7 Å². The number of anilines is 1. The average Bonchev–Trinajstić information content (AvgIpc) is 2.49. The van der Waals surface area contributed by atoms with Gasteiger partial charge in [0.05, 0.1) is 5.69 Å². The predicted octanol–water partition coefficient (Wildman–Crippen LogP) is 1.26. The molecule has 1 aromatic rings. The minimum absolute atomic E-state index is 0.0805. The van der Waals surface area contributed by atoms with E-state index in [9.17, 15) is 9.18 Å². The summed E-state index contributed by atoms with van der Waals surface area (Å²) in [5.74, 6) is -0.917. The van der Waals surface area contributed by atoms with Gasteiger partial charge in [0.1, 0.15) is 5.82 Å². The first kappa shape index (κ1) is 8.68. The van der Waals surface area contributed by atoms with Crippen LogP contribution in [0.2, 0.25) is 0 Å².